The van der Waals surface area contributed by atoms with Gasteiger partial charge in [0.1, 0.15) is 11.5 Å². The molecule has 25 heavy (non-hydrogen) atoms. The normalized spacial score (nSPS) is 10.2. The first-order valence-electron chi connectivity index (χ1n) is 7.83. The minimum Gasteiger partial charge on any atom is -0.497 e. The number of carboxylic acid groups (broad SMARTS) is 1. The van der Waals surface area contributed by atoms with Crippen molar-refractivity contribution in [2.24, 2.45) is 0 Å². The van der Waals surface area contributed by atoms with Crippen LogP contribution in [-0.2, 0) is 17.6 Å². The molecule has 0 saturated heterocycles. The summed E-state index contributed by atoms with van der Waals surface area (Å²) >= 11 is 0. The van der Waals surface area contributed by atoms with Crippen LogP contribution in [0.1, 0.15) is 21.5 Å². The number of ether oxygens (including phenoxy) is 2. The lowest BCUT2D eigenvalue weighted by Gasteiger charge is -2.11. The fourth-order valence-electron chi connectivity index (χ4n) is 2.46. The topological polar surface area (TPSA) is 84.9 Å². The molecule has 0 saturated carbocycles. The van der Waals surface area contributed by atoms with Crippen LogP contribution in [0.2, 0.25) is 0 Å². The number of carbonyl (C=O) groups is 2. The van der Waals surface area contributed by atoms with E-state index in [2.05, 4.69) is 5.32 Å². The second-order valence-electron chi connectivity index (χ2n) is 5.46. The third-order valence-corrected chi connectivity index (χ3v) is 3.75. The molecule has 0 heterocycles. The molecular weight excluding hydrogens is 322 g/mol. The van der Waals surface area contributed by atoms with E-state index >= 15 is 0 Å². The number of benzene rings is 2. The maximum absolute atomic E-state index is 12.1. The molecule has 2 aromatic rings. The number of carboxylic acids is 1. The molecule has 0 aliphatic heterocycles. The van der Waals surface area contributed by atoms with Crippen LogP contribution in [0.3, 0.4) is 0 Å². The van der Waals surface area contributed by atoms with Gasteiger partial charge in [-0.25, -0.2) is 4.79 Å². The Labute approximate surface area is 146 Å². The Morgan fingerprint density at radius 1 is 1.08 bits per heavy atom. The first-order valence-corrected chi connectivity index (χ1v) is 7.83. The Morgan fingerprint density at radius 3 is 2.56 bits per heavy atom. The molecule has 1 amide bonds. The minimum atomic E-state index is -0.962. The molecule has 6 heteroatoms. The smallest absolute Gasteiger partial charge is 0.335 e. The third-order valence-electron chi connectivity index (χ3n) is 3.75. The third kappa shape index (κ3) is 5.24. The summed E-state index contributed by atoms with van der Waals surface area (Å²) in [5.74, 6) is 0.191. The van der Waals surface area contributed by atoms with E-state index < -0.39 is 5.97 Å². The van der Waals surface area contributed by atoms with E-state index in [-0.39, 0.29) is 17.9 Å². The van der Waals surface area contributed by atoms with E-state index in [1.807, 2.05) is 6.07 Å². The zero-order valence-corrected chi connectivity index (χ0v) is 14.2. The SMILES string of the molecule is COc1ccc(OC)c(CC(=O)NCCc2cccc(C(=O)O)c2)c1. The van der Waals surface area contributed by atoms with Gasteiger partial charge in [0.2, 0.25) is 5.91 Å². The average molecular weight is 343 g/mol. The highest BCUT2D eigenvalue weighted by Crippen LogP contribution is 2.24. The molecule has 132 valence electrons. The number of rotatable bonds is 8. The molecular formula is C19H21NO5. The summed E-state index contributed by atoms with van der Waals surface area (Å²) < 4.78 is 10.4. The fourth-order valence-corrected chi connectivity index (χ4v) is 2.46. The molecule has 0 aliphatic rings. The van der Waals surface area contributed by atoms with Crippen molar-refractivity contribution in [2.45, 2.75) is 12.8 Å². The summed E-state index contributed by atoms with van der Waals surface area (Å²) in [4.78, 5) is 23.1. The highest BCUT2D eigenvalue weighted by atomic mass is 16.5. The highest BCUT2D eigenvalue weighted by molar-refractivity contribution is 5.87. The summed E-state index contributed by atoms with van der Waals surface area (Å²) in [6, 6.07) is 12.0. The van der Waals surface area contributed by atoms with E-state index in [4.69, 9.17) is 14.6 Å². The van der Waals surface area contributed by atoms with E-state index in [0.717, 1.165) is 11.1 Å². The van der Waals surface area contributed by atoms with Gasteiger partial charge in [0.05, 0.1) is 26.2 Å². The number of methoxy groups -OCH3 is 2. The number of hydrogen-bond acceptors (Lipinski definition) is 4. The summed E-state index contributed by atoms with van der Waals surface area (Å²) in [7, 11) is 3.12. The minimum absolute atomic E-state index is 0.138. The largest absolute Gasteiger partial charge is 0.497 e. The van der Waals surface area contributed by atoms with Crippen LogP contribution in [0, 0.1) is 0 Å². The molecule has 6 nitrogen and oxygen atoms in total. The number of amides is 1. The van der Waals surface area contributed by atoms with Crippen LogP contribution in [0.4, 0.5) is 0 Å². The summed E-state index contributed by atoms with van der Waals surface area (Å²) in [6.07, 6.45) is 0.734. The quantitative estimate of drug-likeness (QED) is 0.768. The van der Waals surface area contributed by atoms with Crippen LogP contribution in [0.15, 0.2) is 42.5 Å². The molecule has 2 aromatic carbocycles. The van der Waals surface area contributed by atoms with Gasteiger partial charge in [0.15, 0.2) is 0 Å². The lowest BCUT2D eigenvalue weighted by Crippen LogP contribution is -2.27. The lowest BCUT2D eigenvalue weighted by molar-refractivity contribution is -0.120. The summed E-state index contributed by atoms with van der Waals surface area (Å²) in [5.41, 5.74) is 1.84. The molecule has 0 radical (unpaired) electrons. The van der Waals surface area contributed by atoms with Crippen molar-refractivity contribution >= 4 is 11.9 Å². The molecule has 2 rings (SSSR count). The number of hydrogen-bond donors (Lipinski definition) is 2. The Morgan fingerprint density at radius 2 is 1.88 bits per heavy atom. The predicted molar refractivity (Wildman–Crippen MR) is 93.4 cm³/mol. The Kier molecular flexibility index (Phi) is 6.39. The molecule has 0 unspecified atom stereocenters. The van der Waals surface area contributed by atoms with Crippen LogP contribution in [0.25, 0.3) is 0 Å². The van der Waals surface area contributed by atoms with Gasteiger partial charge in [-0.05, 0) is 42.3 Å². The maximum Gasteiger partial charge on any atom is 0.335 e. The number of aromatic carboxylic acids is 1. The van der Waals surface area contributed by atoms with Crippen LogP contribution >= 0.6 is 0 Å². The molecule has 0 bridgehead atoms. The van der Waals surface area contributed by atoms with Crippen molar-refractivity contribution in [3.63, 3.8) is 0 Å². The van der Waals surface area contributed by atoms with Crippen LogP contribution < -0.4 is 14.8 Å². The van der Waals surface area contributed by atoms with Crippen molar-refractivity contribution < 1.29 is 24.2 Å². The number of nitrogens with one attached hydrogen (secondary N) is 1. The van der Waals surface area contributed by atoms with Crippen molar-refractivity contribution in [2.75, 3.05) is 20.8 Å². The van der Waals surface area contributed by atoms with E-state index in [9.17, 15) is 9.59 Å². The second-order valence-corrected chi connectivity index (χ2v) is 5.46. The fraction of sp³-hybridized carbons (Fsp3) is 0.263. The lowest BCUT2D eigenvalue weighted by atomic mass is 10.1. The molecule has 0 atom stereocenters. The monoisotopic (exact) mass is 343 g/mol. The first-order chi connectivity index (χ1) is 12.0. The Bertz CT molecular complexity index is 757. The van der Waals surface area contributed by atoms with Crippen LogP contribution in [0.5, 0.6) is 11.5 Å². The zero-order chi connectivity index (χ0) is 18.2. The van der Waals surface area contributed by atoms with Gasteiger partial charge in [-0.1, -0.05) is 12.1 Å². The van der Waals surface area contributed by atoms with Gasteiger partial charge >= 0.3 is 5.97 Å². The van der Waals surface area contributed by atoms with Crippen molar-refractivity contribution in [1.29, 1.82) is 0 Å². The predicted octanol–water partition coefficient (Wildman–Crippen LogP) is 2.30. The van der Waals surface area contributed by atoms with Gasteiger partial charge in [0.25, 0.3) is 0 Å². The van der Waals surface area contributed by atoms with Crippen LogP contribution in [-0.4, -0.2) is 37.7 Å². The zero-order valence-electron chi connectivity index (χ0n) is 14.2. The van der Waals surface area contributed by atoms with Gasteiger partial charge in [-0.2, -0.15) is 0 Å². The van der Waals surface area contributed by atoms with E-state index in [1.54, 1.807) is 50.6 Å². The maximum atomic E-state index is 12.1. The second kappa shape index (κ2) is 8.73. The van der Waals surface area contributed by atoms with Gasteiger partial charge < -0.3 is 19.9 Å². The number of carbonyl (C=O) groups excluding carboxylic acids is 1. The standard InChI is InChI=1S/C19H21NO5/c1-24-16-6-7-17(25-2)15(11-16)12-18(21)20-9-8-13-4-3-5-14(10-13)19(22)23/h3-7,10-11H,8-9,12H2,1-2H3,(H,20,21)(H,22,23). The average Bonchev–Trinajstić information content (AvgIpc) is 2.61. The van der Waals surface area contributed by atoms with Gasteiger partial charge in [0, 0.05) is 12.1 Å². The Hall–Kier alpha value is -3.02. The van der Waals surface area contributed by atoms with Crippen molar-refractivity contribution in [3.8, 4) is 11.5 Å². The van der Waals surface area contributed by atoms with E-state index in [0.29, 0.717) is 24.5 Å². The van der Waals surface area contributed by atoms with E-state index in [1.165, 1.54) is 0 Å². The van der Waals surface area contributed by atoms with Gasteiger partial charge in [-0.3, -0.25) is 4.79 Å². The van der Waals surface area contributed by atoms with Crippen molar-refractivity contribution in [1.82, 2.24) is 5.32 Å². The molecule has 0 aromatic heterocycles. The summed E-state index contributed by atoms with van der Waals surface area (Å²) in [5, 5.41) is 11.8. The summed E-state index contributed by atoms with van der Waals surface area (Å²) in [6.45, 7) is 0.425. The van der Waals surface area contributed by atoms with Crippen molar-refractivity contribution in [3.05, 3.63) is 59.2 Å². The van der Waals surface area contributed by atoms with Gasteiger partial charge in [-0.15, -0.1) is 0 Å². The molecule has 0 spiro atoms. The Balaban J connectivity index is 1.91. The highest BCUT2D eigenvalue weighted by Gasteiger charge is 2.10. The first kappa shape index (κ1) is 18.3. The molecule has 0 fully saturated rings. The molecule has 2 N–H and O–H groups in total. The molecule has 0 aliphatic carbocycles.